The lowest BCUT2D eigenvalue weighted by molar-refractivity contribution is 0.175. The molecule has 1 aliphatic rings. The van der Waals surface area contributed by atoms with Gasteiger partial charge in [-0.25, -0.2) is 4.79 Å². The monoisotopic (exact) mass is 408 g/mol. The molecule has 6 heteroatoms. The molecule has 1 amide bonds. The van der Waals surface area contributed by atoms with Gasteiger partial charge in [-0.15, -0.1) is 0 Å². The van der Waals surface area contributed by atoms with Crippen LogP contribution in [0.4, 0.5) is 10.5 Å². The number of hydrazine groups is 1. The molecule has 1 aliphatic heterocycles. The van der Waals surface area contributed by atoms with E-state index in [2.05, 4.69) is 43.9 Å². The van der Waals surface area contributed by atoms with Gasteiger partial charge < -0.3 is 4.74 Å². The number of carbonyl (C=O) groups is 1. The van der Waals surface area contributed by atoms with E-state index in [1.54, 1.807) is 6.07 Å². The molecule has 0 saturated heterocycles. The number of nitrogens with zero attached hydrogens (tertiary/aromatic N) is 1. The average Bonchev–Trinajstić information content (AvgIpc) is 2.46. The molecule has 0 atom stereocenters. The molecule has 1 heterocycles. The highest BCUT2D eigenvalue weighted by Crippen LogP contribution is 2.35. The van der Waals surface area contributed by atoms with Crippen LogP contribution in [0.2, 0.25) is 0 Å². The van der Waals surface area contributed by atoms with Crippen LogP contribution in [0.15, 0.2) is 58.0 Å². The fourth-order valence-electron chi connectivity index (χ4n) is 1.95. The Morgan fingerprint density at radius 1 is 1.05 bits per heavy atom. The number of hydrogen-bond donors (Lipinski definition) is 1. The number of carbonyl (C=O) groups excluding carboxylic acids is 1. The molecule has 21 heavy (non-hydrogen) atoms. The molecule has 1 N–H and O–H groups in total. The van der Waals surface area contributed by atoms with E-state index in [0.717, 1.165) is 20.2 Å². The Labute approximate surface area is 138 Å². The Bertz CT molecular complexity index is 729. The molecule has 0 aliphatic carbocycles. The molecule has 0 spiro atoms. The van der Waals surface area contributed by atoms with Crippen molar-refractivity contribution in [1.82, 2.24) is 5.01 Å². The van der Waals surface area contributed by atoms with E-state index in [-0.39, 0.29) is 0 Å². The second kappa shape index (κ2) is 5.54. The van der Waals surface area contributed by atoms with Gasteiger partial charge in [0.25, 0.3) is 0 Å². The summed E-state index contributed by atoms with van der Waals surface area (Å²) >= 11 is 6.77. The third-order valence-corrected chi connectivity index (χ3v) is 4.01. The molecular weight excluding hydrogens is 400 g/mol. The summed E-state index contributed by atoms with van der Waals surface area (Å²) in [5.41, 5.74) is 5.04. The molecule has 0 unspecified atom stereocenters. The maximum atomic E-state index is 12.1. The lowest BCUT2D eigenvalue weighted by atomic mass is 10.1. The van der Waals surface area contributed by atoms with Crippen LogP contribution in [0.1, 0.15) is 5.56 Å². The number of fused-ring (bicyclic) bond motifs is 1. The molecule has 0 saturated carbocycles. The van der Waals surface area contributed by atoms with E-state index in [9.17, 15) is 4.79 Å². The molecular formula is C15H10Br2N2O2. The first-order chi connectivity index (χ1) is 10.0. The predicted octanol–water partition coefficient (Wildman–Crippen LogP) is 5.02. The topological polar surface area (TPSA) is 41.6 Å². The number of hydrogen-bond acceptors (Lipinski definition) is 3. The summed E-state index contributed by atoms with van der Waals surface area (Å²) in [5, 5.41) is 1.29. The molecule has 3 rings (SSSR count). The van der Waals surface area contributed by atoms with E-state index in [4.69, 9.17) is 4.74 Å². The van der Waals surface area contributed by atoms with Crippen LogP contribution in [-0.2, 0) is 0 Å². The molecule has 0 fully saturated rings. The van der Waals surface area contributed by atoms with Crippen molar-refractivity contribution in [3.05, 3.63) is 63.6 Å². The van der Waals surface area contributed by atoms with Gasteiger partial charge in [0.2, 0.25) is 0 Å². The number of halogens is 2. The Morgan fingerprint density at radius 3 is 2.43 bits per heavy atom. The zero-order chi connectivity index (χ0) is 15.0. The van der Waals surface area contributed by atoms with Gasteiger partial charge in [-0.05, 0) is 42.5 Å². The minimum absolute atomic E-state index is 0.502. The molecule has 2 aromatic carbocycles. The van der Waals surface area contributed by atoms with Crippen molar-refractivity contribution in [1.29, 1.82) is 0 Å². The van der Waals surface area contributed by atoms with E-state index in [0.29, 0.717) is 11.4 Å². The van der Waals surface area contributed by atoms with E-state index >= 15 is 0 Å². The van der Waals surface area contributed by atoms with Crippen LogP contribution < -0.4 is 10.2 Å². The van der Waals surface area contributed by atoms with Crippen molar-refractivity contribution in [3.8, 4) is 5.75 Å². The Balaban J connectivity index is 1.91. The van der Waals surface area contributed by atoms with E-state index < -0.39 is 6.09 Å². The first kappa shape index (κ1) is 14.2. The van der Waals surface area contributed by atoms with E-state index in [1.165, 1.54) is 5.01 Å². The first-order valence-corrected chi connectivity index (χ1v) is 7.66. The highest BCUT2D eigenvalue weighted by atomic mass is 79.9. The Kier molecular flexibility index (Phi) is 3.73. The quantitative estimate of drug-likeness (QED) is 0.756. The minimum Gasteiger partial charge on any atom is -0.408 e. The van der Waals surface area contributed by atoms with Crippen LogP contribution in [0.5, 0.6) is 5.75 Å². The van der Waals surface area contributed by atoms with Gasteiger partial charge in [-0.2, -0.15) is 5.01 Å². The summed E-state index contributed by atoms with van der Waals surface area (Å²) in [6.45, 7) is 3.97. The van der Waals surface area contributed by atoms with E-state index in [1.807, 2.05) is 36.4 Å². The van der Waals surface area contributed by atoms with Crippen LogP contribution in [0, 0.1) is 0 Å². The van der Waals surface area contributed by atoms with Gasteiger partial charge in [0.05, 0.1) is 11.4 Å². The van der Waals surface area contributed by atoms with Gasteiger partial charge in [0.1, 0.15) is 5.75 Å². The number of rotatable bonds is 2. The van der Waals surface area contributed by atoms with Crippen molar-refractivity contribution < 1.29 is 9.53 Å². The number of amides is 1. The third kappa shape index (κ3) is 2.82. The Hall–Kier alpha value is -1.79. The summed E-state index contributed by atoms with van der Waals surface area (Å²) in [6, 6.07) is 12.9. The average molecular weight is 410 g/mol. The molecule has 0 bridgehead atoms. The second-order valence-electron chi connectivity index (χ2n) is 4.41. The van der Waals surface area contributed by atoms with Gasteiger partial charge in [-0.1, -0.05) is 38.4 Å². The zero-order valence-electron chi connectivity index (χ0n) is 10.8. The largest absolute Gasteiger partial charge is 0.438 e. The highest BCUT2D eigenvalue weighted by molar-refractivity contribution is 9.10. The van der Waals surface area contributed by atoms with Gasteiger partial charge in [-0.3, -0.25) is 5.43 Å². The normalized spacial score (nSPS) is 13.7. The van der Waals surface area contributed by atoms with Crippen LogP contribution >= 0.6 is 31.9 Å². The smallest absolute Gasteiger partial charge is 0.408 e. The summed E-state index contributed by atoms with van der Waals surface area (Å²) in [5.74, 6) is 0.502. The fraction of sp³-hybridized carbons (Fsp3) is 0. The maximum Gasteiger partial charge on any atom is 0.438 e. The molecule has 0 radical (unpaired) electrons. The molecule has 106 valence electrons. The third-order valence-electron chi connectivity index (χ3n) is 2.99. The molecule has 2 aromatic rings. The van der Waals surface area contributed by atoms with Crippen molar-refractivity contribution in [2.75, 3.05) is 5.43 Å². The van der Waals surface area contributed by atoms with Crippen molar-refractivity contribution >= 4 is 49.3 Å². The van der Waals surface area contributed by atoms with Crippen molar-refractivity contribution in [2.45, 2.75) is 0 Å². The maximum absolute atomic E-state index is 12.1. The number of ether oxygens (including phenoxy) is 1. The SMILES string of the molecule is C=C1c2cc(Br)ccc2OC(=O)N1Nc1ccc(Br)cc1. The van der Waals surface area contributed by atoms with Gasteiger partial charge in [0, 0.05) is 14.5 Å². The Morgan fingerprint density at radius 2 is 1.71 bits per heavy atom. The number of benzene rings is 2. The van der Waals surface area contributed by atoms with Crippen LogP contribution in [0.3, 0.4) is 0 Å². The fourth-order valence-corrected chi connectivity index (χ4v) is 2.58. The predicted molar refractivity (Wildman–Crippen MR) is 88.8 cm³/mol. The second-order valence-corrected chi connectivity index (χ2v) is 6.24. The summed E-state index contributed by atoms with van der Waals surface area (Å²) < 4.78 is 7.15. The van der Waals surface area contributed by atoms with Crippen LogP contribution in [0.25, 0.3) is 5.70 Å². The lowest BCUT2D eigenvalue weighted by Gasteiger charge is -2.30. The van der Waals surface area contributed by atoms with Gasteiger partial charge in [0.15, 0.2) is 0 Å². The van der Waals surface area contributed by atoms with Crippen LogP contribution in [-0.4, -0.2) is 11.1 Å². The summed E-state index contributed by atoms with van der Waals surface area (Å²) in [7, 11) is 0. The minimum atomic E-state index is -0.516. The zero-order valence-corrected chi connectivity index (χ0v) is 13.9. The summed E-state index contributed by atoms with van der Waals surface area (Å²) in [4.78, 5) is 12.1. The van der Waals surface area contributed by atoms with Crippen molar-refractivity contribution in [2.24, 2.45) is 0 Å². The summed E-state index contributed by atoms with van der Waals surface area (Å²) in [6.07, 6.45) is -0.516. The first-order valence-electron chi connectivity index (χ1n) is 6.07. The number of nitrogens with one attached hydrogen (secondary N) is 1. The highest BCUT2D eigenvalue weighted by Gasteiger charge is 2.29. The van der Waals surface area contributed by atoms with Gasteiger partial charge >= 0.3 is 6.09 Å². The lowest BCUT2D eigenvalue weighted by Crippen LogP contribution is -2.39. The standard InChI is InChI=1S/C15H10Br2N2O2/c1-9-13-8-11(17)4-7-14(13)21-15(20)19(9)18-12-5-2-10(16)3-6-12/h2-8,18H,1H2. The number of anilines is 1. The van der Waals surface area contributed by atoms with Crippen molar-refractivity contribution in [3.63, 3.8) is 0 Å². The molecule has 4 nitrogen and oxygen atoms in total. The molecule has 0 aromatic heterocycles.